The SMILES string of the molecule is COc1cc2c(cc1OC1CCC3(CC1)C(=O)N(C(=O)OC(C)(C)C)CCN3C(=O)C(F)(F)F)C(O)N=CN2. The van der Waals surface area contributed by atoms with Gasteiger partial charge in [0.15, 0.2) is 17.7 Å². The van der Waals surface area contributed by atoms with Crippen molar-refractivity contribution in [3.63, 3.8) is 0 Å². The monoisotopic (exact) mass is 556 g/mol. The number of nitrogens with zero attached hydrogens (tertiary/aromatic N) is 3. The summed E-state index contributed by atoms with van der Waals surface area (Å²) in [5.74, 6) is -2.40. The van der Waals surface area contributed by atoms with Gasteiger partial charge in [0.2, 0.25) is 0 Å². The number of ether oxygens (including phenoxy) is 3. The van der Waals surface area contributed by atoms with Gasteiger partial charge in [-0.3, -0.25) is 9.59 Å². The number of piperazine rings is 1. The number of alkyl halides is 3. The minimum absolute atomic E-state index is 0.106. The van der Waals surface area contributed by atoms with Crippen LogP contribution < -0.4 is 14.8 Å². The number of carbonyl (C=O) groups excluding carboxylic acids is 3. The first-order valence-electron chi connectivity index (χ1n) is 12.4. The fraction of sp³-hybridized carbons (Fsp3) is 0.600. The van der Waals surface area contributed by atoms with Gasteiger partial charge in [-0.2, -0.15) is 13.2 Å². The van der Waals surface area contributed by atoms with E-state index < -0.39 is 60.6 Å². The molecule has 1 atom stereocenters. The van der Waals surface area contributed by atoms with Crippen LogP contribution in [-0.2, 0) is 14.3 Å². The van der Waals surface area contributed by atoms with Gasteiger partial charge in [-0.25, -0.2) is 14.7 Å². The molecule has 3 aliphatic rings. The lowest BCUT2D eigenvalue weighted by molar-refractivity contribution is -0.199. The van der Waals surface area contributed by atoms with Crippen LogP contribution in [0.25, 0.3) is 0 Å². The van der Waals surface area contributed by atoms with Gasteiger partial charge in [0.25, 0.3) is 5.91 Å². The highest BCUT2D eigenvalue weighted by molar-refractivity contribution is 6.01. The number of benzene rings is 1. The van der Waals surface area contributed by atoms with Gasteiger partial charge in [0.1, 0.15) is 11.1 Å². The first-order chi connectivity index (χ1) is 18.2. The summed E-state index contributed by atoms with van der Waals surface area (Å²) >= 11 is 0. The second kappa shape index (κ2) is 10.2. The summed E-state index contributed by atoms with van der Waals surface area (Å²) in [6.07, 6.45) is -6.61. The molecule has 1 spiro atoms. The van der Waals surface area contributed by atoms with E-state index in [2.05, 4.69) is 10.3 Å². The average molecular weight is 557 g/mol. The summed E-state index contributed by atoms with van der Waals surface area (Å²) in [6, 6.07) is 3.18. The largest absolute Gasteiger partial charge is 0.493 e. The number of imide groups is 1. The van der Waals surface area contributed by atoms with E-state index in [1.54, 1.807) is 32.9 Å². The van der Waals surface area contributed by atoms with Crippen molar-refractivity contribution < 1.29 is 46.9 Å². The number of halogens is 3. The molecule has 1 saturated heterocycles. The number of aliphatic imine (C=N–C) groups is 1. The van der Waals surface area contributed by atoms with Crippen LogP contribution in [0, 0.1) is 0 Å². The number of hydrogen-bond acceptors (Lipinski definition) is 9. The number of aliphatic hydroxyl groups is 1. The summed E-state index contributed by atoms with van der Waals surface area (Å²) in [6.45, 7) is 3.93. The number of fused-ring (bicyclic) bond motifs is 1. The smallest absolute Gasteiger partial charge is 0.471 e. The Kier molecular flexibility index (Phi) is 7.45. The minimum atomic E-state index is -5.19. The van der Waals surface area contributed by atoms with Crippen LogP contribution in [0.2, 0.25) is 0 Å². The Hall–Kier alpha value is -3.55. The van der Waals surface area contributed by atoms with Crippen molar-refractivity contribution in [3.8, 4) is 11.5 Å². The number of rotatable bonds is 3. The standard InChI is InChI=1S/C25H31F3N4O7/c1-23(2,3)39-22(36)31-9-10-32(21(35)25(26,27)28)24(20(31)34)7-5-14(6-8-24)38-18-11-15-16(12-17(18)37-4)29-13-30-19(15)33/h11-14,19,33H,5-10H2,1-4H3,(H,29,30). The molecule has 1 aliphatic carbocycles. The van der Waals surface area contributed by atoms with Crippen LogP contribution in [0.1, 0.15) is 58.2 Å². The third kappa shape index (κ3) is 5.60. The molecule has 3 amide bonds. The van der Waals surface area contributed by atoms with E-state index in [1.165, 1.54) is 13.4 Å². The van der Waals surface area contributed by atoms with Crippen molar-refractivity contribution in [2.75, 3.05) is 25.5 Å². The molecule has 1 aromatic rings. The maximum absolute atomic E-state index is 13.6. The Bertz CT molecular complexity index is 1170. The maximum atomic E-state index is 13.6. The van der Waals surface area contributed by atoms with E-state index in [9.17, 15) is 32.7 Å². The lowest BCUT2D eigenvalue weighted by atomic mass is 9.76. The quantitative estimate of drug-likeness (QED) is 0.580. The Morgan fingerprint density at radius 3 is 2.38 bits per heavy atom. The number of amides is 3. The van der Waals surface area contributed by atoms with Crippen molar-refractivity contribution in [2.45, 2.75) is 76.1 Å². The zero-order valence-corrected chi connectivity index (χ0v) is 22.0. The topological polar surface area (TPSA) is 130 Å². The van der Waals surface area contributed by atoms with Crippen LogP contribution in [0.15, 0.2) is 17.1 Å². The van der Waals surface area contributed by atoms with Gasteiger partial charge >= 0.3 is 18.2 Å². The summed E-state index contributed by atoms with van der Waals surface area (Å²) in [5, 5.41) is 13.1. The van der Waals surface area contributed by atoms with E-state index >= 15 is 0 Å². The number of hydrogen-bond donors (Lipinski definition) is 2. The fourth-order valence-corrected chi connectivity index (χ4v) is 5.10. The Balaban J connectivity index is 1.57. The molecule has 1 unspecified atom stereocenters. The molecule has 4 rings (SSSR count). The second-order valence-corrected chi connectivity index (χ2v) is 10.6. The van der Waals surface area contributed by atoms with Gasteiger partial charge in [-0.05, 0) is 52.5 Å². The van der Waals surface area contributed by atoms with Crippen LogP contribution >= 0.6 is 0 Å². The van der Waals surface area contributed by atoms with E-state index in [0.717, 1.165) is 4.90 Å². The van der Waals surface area contributed by atoms with Crippen molar-refractivity contribution in [1.29, 1.82) is 0 Å². The maximum Gasteiger partial charge on any atom is 0.471 e. The molecule has 214 valence electrons. The molecule has 2 aliphatic heterocycles. The molecule has 0 bridgehead atoms. The van der Waals surface area contributed by atoms with Crippen molar-refractivity contribution >= 4 is 29.9 Å². The van der Waals surface area contributed by atoms with Gasteiger partial charge in [-0.15, -0.1) is 0 Å². The number of nitrogens with one attached hydrogen (secondary N) is 1. The van der Waals surface area contributed by atoms with E-state index in [4.69, 9.17) is 14.2 Å². The van der Waals surface area contributed by atoms with Crippen LogP contribution in [0.5, 0.6) is 11.5 Å². The highest BCUT2D eigenvalue weighted by Gasteiger charge is 2.59. The Morgan fingerprint density at radius 2 is 1.79 bits per heavy atom. The van der Waals surface area contributed by atoms with Crippen molar-refractivity contribution in [1.82, 2.24) is 9.80 Å². The summed E-state index contributed by atoms with van der Waals surface area (Å²) in [7, 11) is 1.43. The molecule has 39 heavy (non-hydrogen) atoms. The molecule has 11 nitrogen and oxygen atoms in total. The van der Waals surface area contributed by atoms with Gasteiger partial charge in [0.05, 0.1) is 25.2 Å². The molecular formula is C25H31F3N4O7. The zero-order chi connectivity index (χ0) is 28.8. The molecule has 2 heterocycles. The molecular weight excluding hydrogens is 525 g/mol. The molecule has 1 saturated carbocycles. The second-order valence-electron chi connectivity index (χ2n) is 10.6. The third-order valence-electron chi connectivity index (χ3n) is 6.91. The number of aliphatic hydroxyl groups excluding tert-OH is 1. The number of carbonyl (C=O) groups is 3. The highest BCUT2D eigenvalue weighted by atomic mass is 19.4. The Labute approximate surface area is 222 Å². The molecule has 2 N–H and O–H groups in total. The predicted octanol–water partition coefficient (Wildman–Crippen LogP) is 3.37. The minimum Gasteiger partial charge on any atom is -0.493 e. The van der Waals surface area contributed by atoms with Crippen molar-refractivity contribution in [2.24, 2.45) is 4.99 Å². The lowest BCUT2D eigenvalue weighted by Crippen LogP contribution is -2.71. The van der Waals surface area contributed by atoms with Gasteiger partial charge < -0.3 is 29.5 Å². The molecule has 14 heteroatoms. The molecule has 0 aromatic heterocycles. The summed E-state index contributed by atoms with van der Waals surface area (Å²) in [5.41, 5.74) is -1.80. The Morgan fingerprint density at radius 1 is 1.13 bits per heavy atom. The summed E-state index contributed by atoms with van der Waals surface area (Å²) < 4.78 is 57.3. The molecule has 2 fully saturated rings. The fourth-order valence-electron chi connectivity index (χ4n) is 5.10. The van der Waals surface area contributed by atoms with E-state index in [0.29, 0.717) is 21.9 Å². The van der Waals surface area contributed by atoms with Crippen LogP contribution in [-0.4, -0.2) is 82.8 Å². The van der Waals surface area contributed by atoms with Gasteiger partial charge in [0, 0.05) is 24.7 Å². The van der Waals surface area contributed by atoms with Crippen LogP contribution in [0.4, 0.5) is 23.7 Å². The third-order valence-corrected chi connectivity index (χ3v) is 6.91. The molecule has 1 aromatic carbocycles. The number of anilines is 1. The predicted molar refractivity (Wildman–Crippen MR) is 131 cm³/mol. The van der Waals surface area contributed by atoms with Crippen molar-refractivity contribution in [3.05, 3.63) is 17.7 Å². The lowest BCUT2D eigenvalue weighted by Gasteiger charge is -2.51. The average Bonchev–Trinajstić information content (AvgIpc) is 2.85. The number of methoxy groups -OCH3 is 1. The van der Waals surface area contributed by atoms with Crippen LogP contribution in [0.3, 0.4) is 0 Å². The van der Waals surface area contributed by atoms with Gasteiger partial charge in [-0.1, -0.05) is 0 Å². The van der Waals surface area contributed by atoms with E-state index in [-0.39, 0.29) is 31.4 Å². The van der Waals surface area contributed by atoms with E-state index in [1.807, 2.05) is 0 Å². The highest BCUT2D eigenvalue weighted by Crippen LogP contribution is 2.43. The zero-order valence-electron chi connectivity index (χ0n) is 22.0. The molecule has 0 radical (unpaired) electrons. The summed E-state index contributed by atoms with van der Waals surface area (Å²) in [4.78, 5) is 43.9. The normalized spacial score (nSPS) is 25.2. The first kappa shape index (κ1) is 28.5. The first-order valence-corrected chi connectivity index (χ1v) is 12.4.